The van der Waals surface area contributed by atoms with E-state index in [0.29, 0.717) is 17.8 Å². The molecule has 1 aliphatic rings. The van der Waals surface area contributed by atoms with Gasteiger partial charge in [-0.15, -0.1) is 0 Å². The van der Waals surface area contributed by atoms with Gasteiger partial charge in [-0.3, -0.25) is 4.84 Å². The lowest BCUT2D eigenvalue weighted by Gasteiger charge is -2.17. The molecule has 0 aromatic heterocycles. The zero-order valence-corrected chi connectivity index (χ0v) is 9.68. The van der Waals surface area contributed by atoms with Crippen molar-refractivity contribution in [3.63, 3.8) is 0 Å². The summed E-state index contributed by atoms with van der Waals surface area (Å²) in [6, 6.07) is 8.11. The summed E-state index contributed by atoms with van der Waals surface area (Å²) in [6.07, 6.45) is 2.40. The maximum absolute atomic E-state index is 6.91. The molecule has 1 aliphatic heterocycles. The molecule has 3 nitrogen and oxygen atoms in total. The molecule has 2 rings (SSSR count). The fourth-order valence-electron chi connectivity index (χ4n) is 2.11. The fourth-order valence-corrected chi connectivity index (χ4v) is 2.11. The fraction of sp³-hybridized carbons (Fsp3) is 0.462. The average Bonchev–Trinajstić information content (AvgIpc) is 2.71. The highest BCUT2D eigenvalue weighted by molar-refractivity contribution is 5.45. The molecule has 1 aromatic rings. The first-order chi connectivity index (χ1) is 7.74. The Labute approximate surface area is 96.4 Å². The van der Waals surface area contributed by atoms with Crippen molar-refractivity contribution in [3.05, 3.63) is 41.2 Å². The second kappa shape index (κ2) is 4.65. The lowest BCUT2D eigenvalue weighted by atomic mass is 10.0. The van der Waals surface area contributed by atoms with Crippen LogP contribution < -0.4 is 0 Å². The van der Waals surface area contributed by atoms with Crippen LogP contribution in [0.15, 0.2) is 24.3 Å². The van der Waals surface area contributed by atoms with Crippen LogP contribution in [0.5, 0.6) is 0 Å². The SMILES string of the molecule is [C-]#[N+]c1ccc([C@H]2C[C@@H](CC)ON2C)cc1. The number of hydrogen-bond acceptors (Lipinski definition) is 2. The van der Waals surface area contributed by atoms with Gasteiger partial charge in [-0.05, 0) is 18.4 Å². The monoisotopic (exact) mass is 216 g/mol. The summed E-state index contributed by atoms with van der Waals surface area (Å²) >= 11 is 0. The van der Waals surface area contributed by atoms with Gasteiger partial charge in [-0.25, -0.2) is 4.85 Å². The van der Waals surface area contributed by atoms with Crippen LogP contribution in [0.3, 0.4) is 0 Å². The van der Waals surface area contributed by atoms with E-state index in [0.717, 1.165) is 12.8 Å². The molecular formula is C13H16N2O. The Hall–Kier alpha value is -1.37. The first kappa shape index (κ1) is 11.1. The molecule has 1 heterocycles. The Balaban J connectivity index is 2.15. The highest BCUT2D eigenvalue weighted by atomic mass is 16.7. The minimum absolute atomic E-state index is 0.324. The quantitative estimate of drug-likeness (QED) is 0.705. The molecule has 0 spiro atoms. The number of rotatable bonds is 2. The summed E-state index contributed by atoms with van der Waals surface area (Å²) < 4.78 is 0. The van der Waals surface area contributed by atoms with Crippen LogP contribution in [0.25, 0.3) is 4.85 Å². The molecule has 0 radical (unpaired) electrons. The summed E-state index contributed by atoms with van der Waals surface area (Å²) in [5.41, 5.74) is 1.92. The summed E-state index contributed by atoms with van der Waals surface area (Å²) in [6.45, 7) is 9.06. The standard InChI is InChI=1S/C13H16N2O/c1-4-12-9-13(15(3)16-12)10-5-7-11(14-2)8-6-10/h5-8,12-13H,4,9H2,1,3H3/t12-,13-/m1/s1. The van der Waals surface area contributed by atoms with Crippen LogP contribution in [0, 0.1) is 6.57 Å². The van der Waals surface area contributed by atoms with E-state index in [1.165, 1.54) is 5.56 Å². The van der Waals surface area contributed by atoms with Gasteiger partial charge in [0.1, 0.15) is 0 Å². The van der Waals surface area contributed by atoms with E-state index in [-0.39, 0.29) is 0 Å². The van der Waals surface area contributed by atoms with Gasteiger partial charge in [0.05, 0.1) is 18.7 Å². The lowest BCUT2D eigenvalue weighted by molar-refractivity contribution is -0.144. The molecule has 84 valence electrons. The minimum Gasteiger partial charge on any atom is -0.295 e. The molecule has 1 fully saturated rings. The minimum atomic E-state index is 0.324. The first-order valence-corrected chi connectivity index (χ1v) is 5.61. The Bertz CT molecular complexity index is 393. The third-order valence-corrected chi connectivity index (χ3v) is 3.10. The van der Waals surface area contributed by atoms with Crippen molar-refractivity contribution < 1.29 is 4.84 Å². The maximum atomic E-state index is 6.91. The van der Waals surface area contributed by atoms with Crippen LogP contribution in [-0.2, 0) is 4.84 Å². The van der Waals surface area contributed by atoms with E-state index >= 15 is 0 Å². The van der Waals surface area contributed by atoms with Crippen molar-refractivity contribution >= 4 is 5.69 Å². The third-order valence-electron chi connectivity index (χ3n) is 3.10. The highest BCUT2D eigenvalue weighted by Crippen LogP contribution is 2.34. The maximum Gasteiger partial charge on any atom is 0.187 e. The molecule has 0 bridgehead atoms. The van der Waals surface area contributed by atoms with Crippen molar-refractivity contribution in [1.82, 2.24) is 5.06 Å². The van der Waals surface area contributed by atoms with Gasteiger partial charge in [-0.1, -0.05) is 31.2 Å². The van der Waals surface area contributed by atoms with Crippen molar-refractivity contribution in [2.75, 3.05) is 7.05 Å². The Morgan fingerprint density at radius 2 is 2.12 bits per heavy atom. The Morgan fingerprint density at radius 3 is 2.62 bits per heavy atom. The molecule has 16 heavy (non-hydrogen) atoms. The first-order valence-electron chi connectivity index (χ1n) is 5.61. The topological polar surface area (TPSA) is 16.8 Å². The zero-order chi connectivity index (χ0) is 11.5. The molecule has 0 saturated carbocycles. The van der Waals surface area contributed by atoms with E-state index < -0.39 is 0 Å². The number of benzene rings is 1. The van der Waals surface area contributed by atoms with Crippen molar-refractivity contribution in [1.29, 1.82) is 0 Å². The highest BCUT2D eigenvalue weighted by Gasteiger charge is 2.30. The number of hydrogen-bond donors (Lipinski definition) is 0. The van der Waals surface area contributed by atoms with Gasteiger partial charge >= 0.3 is 0 Å². The Kier molecular flexibility index (Phi) is 3.23. The van der Waals surface area contributed by atoms with Crippen molar-refractivity contribution in [2.24, 2.45) is 0 Å². The summed E-state index contributed by atoms with van der Waals surface area (Å²) in [4.78, 5) is 9.10. The molecule has 0 unspecified atom stereocenters. The zero-order valence-electron chi connectivity index (χ0n) is 9.68. The van der Waals surface area contributed by atoms with Crippen LogP contribution in [0.2, 0.25) is 0 Å². The van der Waals surface area contributed by atoms with Gasteiger partial charge in [0.25, 0.3) is 0 Å². The molecule has 2 atom stereocenters. The van der Waals surface area contributed by atoms with Gasteiger partial charge in [0, 0.05) is 7.05 Å². The molecule has 0 N–H and O–H groups in total. The average molecular weight is 216 g/mol. The molecule has 3 heteroatoms. The van der Waals surface area contributed by atoms with Gasteiger partial charge in [-0.2, -0.15) is 5.06 Å². The van der Waals surface area contributed by atoms with Gasteiger partial charge < -0.3 is 0 Å². The molecular weight excluding hydrogens is 200 g/mol. The van der Waals surface area contributed by atoms with E-state index in [9.17, 15) is 0 Å². The normalized spacial score (nSPS) is 25.6. The predicted molar refractivity (Wildman–Crippen MR) is 63.0 cm³/mol. The van der Waals surface area contributed by atoms with Gasteiger partial charge in [0.15, 0.2) is 5.69 Å². The number of nitrogens with zero attached hydrogens (tertiary/aromatic N) is 2. The summed E-state index contributed by atoms with van der Waals surface area (Å²) in [5.74, 6) is 0. The molecule has 0 aliphatic carbocycles. The van der Waals surface area contributed by atoms with E-state index in [1.807, 2.05) is 36.4 Å². The van der Waals surface area contributed by atoms with E-state index in [1.54, 1.807) is 0 Å². The molecule has 0 amide bonds. The third kappa shape index (κ3) is 2.08. The van der Waals surface area contributed by atoms with Crippen LogP contribution in [-0.4, -0.2) is 18.2 Å². The second-order valence-electron chi connectivity index (χ2n) is 4.14. The second-order valence-corrected chi connectivity index (χ2v) is 4.14. The predicted octanol–water partition coefficient (Wildman–Crippen LogP) is 3.32. The summed E-state index contributed by atoms with van der Waals surface area (Å²) in [7, 11) is 1.98. The van der Waals surface area contributed by atoms with Crippen molar-refractivity contribution in [2.45, 2.75) is 31.9 Å². The molecule has 1 aromatic carbocycles. The van der Waals surface area contributed by atoms with Gasteiger partial charge in [0.2, 0.25) is 0 Å². The smallest absolute Gasteiger partial charge is 0.187 e. The van der Waals surface area contributed by atoms with E-state index in [4.69, 9.17) is 11.4 Å². The number of hydroxylamine groups is 2. The largest absolute Gasteiger partial charge is 0.295 e. The summed E-state index contributed by atoms with van der Waals surface area (Å²) in [5, 5.41) is 1.93. The van der Waals surface area contributed by atoms with Crippen LogP contribution in [0.4, 0.5) is 5.69 Å². The van der Waals surface area contributed by atoms with Crippen LogP contribution >= 0.6 is 0 Å². The van der Waals surface area contributed by atoms with Crippen molar-refractivity contribution in [3.8, 4) is 0 Å². The van der Waals surface area contributed by atoms with E-state index in [2.05, 4.69) is 11.8 Å². The lowest BCUT2D eigenvalue weighted by Crippen LogP contribution is -2.16. The molecule has 1 saturated heterocycles. The van der Waals surface area contributed by atoms with Crippen LogP contribution in [0.1, 0.15) is 31.4 Å². The Morgan fingerprint density at radius 1 is 1.44 bits per heavy atom.